The number of alkyl halides is 1. The van der Waals surface area contributed by atoms with Gasteiger partial charge in [0.15, 0.2) is 5.82 Å². The fourth-order valence-corrected chi connectivity index (χ4v) is 1.20. The number of nitrogens with zero attached hydrogens (tertiary/aromatic N) is 3. The summed E-state index contributed by atoms with van der Waals surface area (Å²) in [4.78, 5) is 10.3. The molecule has 15 heavy (non-hydrogen) atoms. The van der Waals surface area contributed by atoms with Crippen molar-refractivity contribution in [3.63, 3.8) is 0 Å². The molecule has 0 aliphatic heterocycles. The second-order valence-electron chi connectivity index (χ2n) is 3.41. The summed E-state index contributed by atoms with van der Waals surface area (Å²) in [6.07, 6.45) is 4.21. The van der Waals surface area contributed by atoms with Gasteiger partial charge in [0, 0.05) is 19.0 Å². The first-order valence-electron chi connectivity index (χ1n) is 4.84. The van der Waals surface area contributed by atoms with Crippen molar-refractivity contribution in [3.05, 3.63) is 12.4 Å². The third-order valence-corrected chi connectivity index (χ3v) is 2.28. The molecule has 0 aliphatic rings. The molecule has 5 heteroatoms. The minimum atomic E-state index is 0.172. The molecular formula is C10H16ClN3O. The van der Waals surface area contributed by atoms with Crippen LogP contribution in [0, 0.1) is 0 Å². The van der Waals surface area contributed by atoms with Gasteiger partial charge in [0.25, 0.3) is 0 Å². The van der Waals surface area contributed by atoms with Crippen LogP contribution in [-0.2, 0) is 0 Å². The number of anilines is 1. The minimum Gasteiger partial charge on any atom is -0.480 e. The van der Waals surface area contributed by atoms with E-state index in [1.807, 2.05) is 18.9 Å². The van der Waals surface area contributed by atoms with Gasteiger partial charge in [0.2, 0.25) is 5.88 Å². The second-order valence-corrected chi connectivity index (χ2v) is 4.16. The number of ether oxygens (including phenoxy) is 1. The number of hydrogen-bond donors (Lipinski definition) is 0. The highest BCUT2D eigenvalue weighted by molar-refractivity contribution is 6.20. The number of halogens is 1. The third kappa shape index (κ3) is 3.91. The molecule has 0 N–H and O–H groups in total. The Labute approximate surface area is 95.2 Å². The van der Waals surface area contributed by atoms with Crippen molar-refractivity contribution in [2.75, 3.05) is 25.6 Å². The van der Waals surface area contributed by atoms with Gasteiger partial charge in [-0.2, -0.15) is 4.98 Å². The van der Waals surface area contributed by atoms with Crippen molar-refractivity contribution >= 4 is 17.4 Å². The number of rotatable bonds is 5. The fraction of sp³-hybridized carbons (Fsp3) is 0.600. The molecule has 1 unspecified atom stereocenters. The van der Waals surface area contributed by atoms with E-state index in [2.05, 4.69) is 9.97 Å². The summed E-state index contributed by atoms with van der Waals surface area (Å²) < 4.78 is 5.00. The van der Waals surface area contributed by atoms with E-state index in [9.17, 15) is 0 Å². The van der Waals surface area contributed by atoms with Crippen LogP contribution >= 0.6 is 11.6 Å². The summed E-state index contributed by atoms with van der Waals surface area (Å²) >= 11 is 5.88. The lowest BCUT2D eigenvalue weighted by Gasteiger charge is -2.18. The third-order valence-electron chi connectivity index (χ3n) is 2.06. The molecule has 0 bridgehead atoms. The Morgan fingerprint density at radius 2 is 2.27 bits per heavy atom. The number of aromatic nitrogens is 2. The Hall–Kier alpha value is -1.03. The maximum Gasteiger partial charge on any atom is 0.233 e. The van der Waals surface area contributed by atoms with E-state index in [1.54, 1.807) is 19.5 Å². The summed E-state index contributed by atoms with van der Waals surface area (Å²) in [5.74, 6) is 1.32. The highest BCUT2D eigenvalue weighted by Gasteiger charge is 2.05. The molecule has 0 saturated carbocycles. The fourth-order valence-electron chi connectivity index (χ4n) is 1.11. The van der Waals surface area contributed by atoms with Gasteiger partial charge in [-0.3, -0.25) is 4.98 Å². The van der Waals surface area contributed by atoms with Crippen LogP contribution in [0.5, 0.6) is 5.88 Å². The van der Waals surface area contributed by atoms with Crippen molar-refractivity contribution in [3.8, 4) is 5.88 Å². The monoisotopic (exact) mass is 229 g/mol. The van der Waals surface area contributed by atoms with Gasteiger partial charge in [-0.05, 0) is 13.3 Å². The van der Waals surface area contributed by atoms with Gasteiger partial charge in [-0.25, -0.2) is 0 Å². The zero-order chi connectivity index (χ0) is 11.3. The van der Waals surface area contributed by atoms with E-state index >= 15 is 0 Å². The van der Waals surface area contributed by atoms with E-state index in [1.165, 1.54) is 0 Å². The molecule has 0 saturated heterocycles. The normalized spacial score (nSPS) is 12.3. The van der Waals surface area contributed by atoms with E-state index < -0.39 is 0 Å². The van der Waals surface area contributed by atoms with Crippen molar-refractivity contribution < 1.29 is 4.74 Å². The Bertz CT molecular complexity index is 306. The predicted molar refractivity (Wildman–Crippen MR) is 61.8 cm³/mol. The van der Waals surface area contributed by atoms with Crippen LogP contribution in [-0.4, -0.2) is 36.0 Å². The summed E-state index contributed by atoms with van der Waals surface area (Å²) in [6.45, 7) is 2.83. The lowest BCUT2D eigenvalue weighted by molar-refractivity contribution is 0.395. The Morgan fingerprint density at radius 1 is 1.53 bits per heavy atom. The SMILES string of the molecule is COc1cncc(N(C)CCC(C)Cl)n1. The molecule has 1 atom stereocenters. The summed E-state index contributed by atoms with van der Waals surface area (Å²) in [5.41, 5.74) is 0. The van der Waals surface area contributed by atoms with E-state index in [4.69, 9.17) is 16.3 Å². The van der Waals surface area contributed by atoms with Crippen molar-refractivity contribution in [2.45, 2.75) is 18.7 Å². The van der Waals surface area contributed by atoms with Crippen LogP contribution in [0.2, 0.25) is 0 Å². The highest BCUT2D eigenvalue weighted by atomic mass is 35.5. The molecule has 1 aromatic heterocycles. The van der Waals surface area contributed by atoms with Crippen molar-refractivity contribution in [1.29, 1.82) is 0 Å². The van der Waals surface area contributed by atoms with E-state index in [-0.39, 0.29) is 5.38 Å². The molecule has 0 fully saturated rings. The van der Waals surface area contributed by atoms with Crippen LogP contribution in [0.3, 0.4) is 0 Å². The van der Waals surface area contributed by atoms with Crippen LogP contribution < -0.4 is 9.64 Å². The summed E-state index contributed by atoms with van der Waals surface area (Å²) in [5, 5.41) is 0.172. The summed E-state index contributed by atoms with van der Waals surface area (Å²) in [7, 11) is 3.54. The maximum absolute atomic E-state index is 5.88. The van der Waals surface area contributed by atoms with Crippen molar-refractivity contribution in [2.24, 2.45) is 0 Å². The first kappa shape index (κ1) is 12.0. The Kier molecular flexibility index (Phi) is 4.62. The van der Waals surface area contributed by atoms with Gasteiger partial charge in [0.05, 0.1) is 19.5 Å². The highest BCUT2D eigenvalue weighted by Crippen LogP contribution is 2.13. The topological polar surface area (TPSA) is 38.2 Å². The van der Waals surface area contributed by atoms with Gasteiger partial charge in [-0.1, -0.05) is 0 Å². The first-order valence-corrected chi connectivity index (χ1v) is 5.28. The molecule has 0 aromatic carbocycles. The largest absolute Gasteiger partial charge is 0.480 e. The molecule has 4 nitrogen and oxygen atoms in total. The molecule has 0 aliphatic carbocycles. The molecule has 84 valence electrons. The molecule has 0 spiro atoms. The zero-order valence-corrected chi connectivity index (χ0v) is 10.0. The number of methoxy groups -OCH3 is 1. The van der Waals surface area contributed by atoms with Crippen LogP contribution in [0.15, 0.2) is 12.4 Å². The van der Waals surface area contributed by atoms with Gasteiger partial charge in [0.1, 0.15) is 0 Å². The maximum atomic E-state index is 5.88. The van der Waals surface area contributed by atoms with Gasteiger partial charge >= 0.3 is 0 Å². The van der Waals surface area contributed by atoms with Gasteiger partial charge < -0.3 is 9.64 Å². The summed E-state index contributed by atoms with van der Waals surface area (Å²) in [6, 6.07) is 0. The van der Waals surface area contributed by atoms with Gasteiger partial charge in [-0.15, -0.1) is 11.6 Å². The first-order chi connectivity index (χ1) is 7.13. The predicted octanol–water partition coefficient (Wildman–Crippen LogP) is 1.94. The van der Waals surface area contributed by atoms with Crippen LogP contribution in [0.25, 0.3) is 0 Å². The molecule has 1 aromatic rings. The van der Waals surface area contributed by atoms with Crippen LogP contribution in [0.4, 0.5) is 5.82 Å². The molecule has 0 radical (unpaired) electrons. The Morgan fingerprint density at radius 3 is 2.87 bits per heavy atom. The van der Waals surface area contributed by atoms with E-state index in [0.29, 0.717) is 5.88 Å². The zero-order valence-electron chi connectivity index (χ0n) is 9.27. The quantitative estimate of drug-likeness (QED) is 0.724. The second kappa shape index (κ2) is 5.75. The number of hydrogen-bond acceptors (Lipinski definition) is 4. The van der Waals surface area contributed by atoms with E-state index in [0.717, 1.165) is 18.8 Å². The molecule has 0 amide bonds. The average molecular weight is 230 g/mol. The lowest BCUT2D eigenvalue weighted by Crippen LogP contribution is -2.21. The Balaban J connectivity index is 2.60. The van der Waals surface area contributed by atoms with Crippen LogP contribution in [0.1, 0.15) is 13.3 Å². The standard InChI is InChI=1S/C10H16ClN3O/c1-8(11)4-5-14(2)9-6-12-7-10(13-9)15-3/h6-8H,4-5H2,1-3H3. The molecule has 1 rings (SSSR count). The minimum absolute atomic E-state index is 0.172. The van der Waals surface area contributed by atoms with Crippen molar-refractivity contribution in [1.82, 2.24) is 9.97 Å². The molecular weight excluding hydrogens is 214 g/mol. The lowest BCUT2D eigenvalue weighted by atomic mass is 10.3. The smallest absolute Gasteiger partial charge is 0.233 e. The average Bonchev–Trinajstić information content (AvgIpc) is 2.26. The molecule has 1 heterocycles.